The number of anilines is 1. The van der Waals surface area contributed by atoms with Gasteiger partial charge in [0.15, 0.2) is 0 Å². The van der Waals surface area contributed by atoms with Crippen molar-refractivity contribution in [2.45, 2.75) is 46.6 Å². The van der Waals surface area contributed by atoms with Crippen LogP contribution in [0.5, 0.6) is 0 Å². The van der Waals surface area contributed by atoms with Gasteiger partial charge in [-0.3, -0.25) is 4.79 Å². The molecule has 6 heteroatoms. The zero-order valence-corrected chi connectivity index (χ0v) is 17.0. The second-order valence-corrected chi connectivity index (χ2v) is 7.68. The normalized spacial score (nSPS) is 16.4. The summed E-state index contributed by atoms with van der Waals surface area (Å²) in [6.07, 6.45) is 1.13. The molecule has 1 aliphatic rings. The Balaban J connectivity index is 2.00. The molecule has 2 heterocycles. The molecular weight excluding hydrogens is 362 g/mol. The lowest BCUT2D eigenvalue weighted by molar-refractivity contribution is -0.124. The molecule has 1 aromatic carbocycles. The zero-order chi connectivity index (χ0) is 19.6. The van der Waals surface area contributed by atoms with Gasteiger partial charge >= 0.3 is 5.97 Å². The lowest BCUT2D eigenvalue weighted by Crippen LogP contribution is -2.27. The number of aryl methyl sites for hydroxylation is 2. The fourth-order valence-electron chi connectivity index (χ4n) is 3.24. The third-order valence-corrected chi connectivity index (χ3v) is 5.86. The largest absolute Gasteiger partial charge is 0.462 e. The first-order valence-electron chi connectivity index (χ1n) is 9.21. The van der Waals surface area contributed by atoms with E-state index in [9.17, 15) is 9.59 Å². The van der Waals surface area contributed by atoms with Crippen LogP contribution in [0.4, 0.5) is 5.00 Å². The van der Waals surface area contributed by atoms with Gasteiger partial charge in [0.25, 0.3) is 5.91 Å². The highest BCUT2D eigenvalue weighted by atomic mass is 32.1. The summed E-state index contributed by atoms with van der Waals surface area (Å²) in [5, 5.41) is 5.29. The van der Waals surface area contributed by atoms with Crippen molar-refractivity contribution in [2.24, 2.45) is 0 Å². The van der Waals surface area contributed by atoms with E-state index in [0.717, 1.165) is 28.7 Å². The second-order valence-electron chi connectivity index (χ2n) is 6.80. The quantitative estimate of drug-likeness (QED) is 0.760. The summed E-state index contributed by atoms with van der Waals surface area (Å²) < 4.78 is 10.7. The maximum atomic E-state index is 12.7. The van der Waals surface area contributed by atoms with Crippen molar-refractivity contribution in [1.82, 2.24) is 0 Å². The van der Waals surface area contributed by atoms with E-state index in [1.165, 1.54) is 16.9 Å². The molecule has 0 aliphatic carbocycles. The average molecular weight is 388 g/mol. The van der Waals surface area contributed by atoms with E-state index >= 15 is 0 Å². The van der Waals surface area contributed by atoms with Crippen molar-refractivity contribution in [3.63, 3.8) is 0 Å². The molecule has 1 saturated heterocycles. The van der Waals surface area contributed by atoms with Crippen molar-refractivity contribution >= 4 is 28.2 Å². The number of carbonyl (C=O) groups is 2. The Morgan fingerprint density at radius 1 is 1.26 bits per heavy atom. The molecule has 1 aromatic heterocycles. The minimum absolute atomic E-state index is 0.206. The fraction of sp³-hybridized carbons (Fsp3) is 0.429. The fourth-order valence-corrected chi connectivity index (χ4v) is 4.20. The summed E-state index contributed by atoms with van der Waals surface area (Å²) in [7, 11) is 0. The Kier molecular flexibility index (Phi) is 5.97. The van der Waals surface area contributed by atoms with Crippen LogP contribution in [-0.4, -0.2) is 31.2 Å². The van der Waals surface area contributed by atoms with Crippen molar-refractivity contribution in [3.05, 3.63) is 39.8 Å². The van der Waals surface area contributed by atoms with Crippen LogP contribution in [-0.2, 0) is 14.3 Å². The molecule has 1 aliphatic heterocycles. The maximum Gasteiger partial charge on any atom is 0.341 e. The number of amides is 1. The minimum atomic E-state index is -0.450. The van der Waals surface area contributed by atoms with Crippen LogP contribution < -0.4 is 5.32 Å². The molecule has 0 spiro atoms. The van der Waals surface area contributed by atoms with E-state index in [4.69, 9.17) is 9.47 Å². The van der Waals surface area contributed by atoms with E-state index in [0.29, 0.717) is 23.6 Å². The molecule has 27 heavy (non-hydrogen) atoms. The Hall–Kier alpha value is -2.18. The van der Waals surface area contributed by atoms with Gasteiger partial charge in [-0.25, -0.2) is 4.79 Å². The molecule has 2 aromatic rings. The number of thiophene rings is 1. The number of nitrogens with one attached hydrogen (secondary N) is 1. The first-order valence-corrected chi connectivity index (χ1v) is 10.1. The first-order chi connectivity index (χ1) is 12.9. The number of esters is 1. The Labute approximate surface area is 163 Å². The molecular formula is C21H25NO4S. The summed E-state index contributed by atoms with van der Waals surface area (Å²) in [6, 6.07) is 4.14. The van der Waals surface area contributed by atoms with Crippen LogP contribution >= 0.6 is 11.3 Å². The van der Waals surface area contributed by atoms with E-state index in [2.05, 4.69) is 38.2 Å². The van der Waals surface area contributed by atoms with Gasteiger partial charge in [-0.15, -0.1) is 11.3 Å². The molecule has 3 rings (SSSR count). The third kappa shape index (κ3) is 4.06. The lowest BCUT2D eigenvalue weighted by atomic mass is 9.96. The first kappa shape index (κ1) is 19.6. The van der Waals surface area contributed by atoms with Crippen LogP contribution in [0, 0.1) is 20.8 Å². The summed E-state index contributed by atoms with van der Waals surface area (Å²) >= 11 is 1.34. The number of hydrogen-bond acceptors (Lipinski definition) is 5. The monoisotopic (exact) mass is 387 g/mol. The molecule has 0 unspecified atom stereocenters. The maximum absolute atomic E-state index is 12.7. The van der Waals surface area contributed by atoms with Crippen molar-refractivity contribution in [1.29, 1.82) is 0 Å². The van der Waals surface area contributed by atoms with Gasteiger partial charge in [-0.2, -0.15) is 0 Å². The van der Waals surface area contributed by atoms with Crippen LogP contribution in [0.15, 0.2) is 17.5 Å². The van der Waals surface area contributed by atoms with Crippen molar-refractivity contribution in [2.75, 3.05) is 18.5 Å². The molecule has 0 bridgehead atoms. The molecule has 0 radical (unpaired) electrons. The van der Waals surface area contributed by atoms with E-state index in [1.807, 2.05) is 5.38 Å². The number of benzene rings is 1. The SMILES string of the molecule is CCOC(=O)c1c(-c2cc(C)c(C)c(C)c2)csc1NC(=O)[C@H]1CCCO1. The smallest absolute Gasteiger partial charge is 0.341 e. The number of hydrogen-bond donors (Lipinski definition) is 1. The number of carbonyl (C=O) groups excluding carboxylic acids is 2. The molecule has 0 saturated carbocycles. The third-order valence-electron chi connectivity index (χ3n) is 4.97. The topological polar surface area (TPSA) is 64.6 Å². The van der Waals surface area contributed by atoms with Crippen molar-refractivity contribution < 1.29 is 19.1 Å². The molecule has 1 atom stereocenters. The molecule has 1 amide bonds. The standard InChI is InChI=1S/C21H25NO4S/c1-5-25-21(24)18-16(15-9-12(2)14(4)13(3)10-15)11-27-20(18)22-19(23)17-7-6-8-26-17/h9-11,17H,5-8H2,1-4H3,(H,22,23)/t17-/m1/s1. The van der Waals surface area contributed by atoms with Gasteiger partial charge in [-0.05, 0) is 62.8 Å². The van der Waals surface area contributed by atoms with E-state index in [-0.39, 0.29) is 12.5 Å². The predicted molar refractivity (Wildman–Crippen MR) is 108 cm³/mol. The number of ether oxygens (including phenoxy) is 2. The van der Waals surface area contributed by atoms with Crippen LogP contribution in [0.3, 0.4) is 0 Å². The highest BCUT2D eigenvalue weighted by Gasteiger charge is 2.28. The van der Waals surface area contributed by atoms with Gasteiger partial charge in [0.2, 0.25) is 0 Å². The molecule has 5 nitrogen and oxygen atoms in total. The Morgan fingerprint density at radius 2 is 1.96 bits per heavy atom. The molecule has 1 fully saturated rings. The highest BCUT2D eigenvalue weighted by Crippen LogP contribution is 2.38. The van der Waals surface area contributed by atoms with Gasteiger partial charge in [0.05, 0.1) is 6.61 Å². The summed E-state index contributed by atoms with van der Waals surface area (Å²) in [4.78, 5) is 25.1. The summed E-state index contributed by atoms with van der Waals surface area (Å²) in [5.74, 6) is -0.630. The van der Waals surface area contributed by atoms with Crippen LogP contribution in [0.25, 0.3) is 11.1 Å². The second kappa shape index (κ2) is 8.23. The lowest BCUT2D eigenvalue weighted by Gasteiger charge is -2.13. The van der Waals surface area contributed by atoms with Gasteiger partial charge in [-0.1, -0.05) is 12.1 Å². The Bertz CT molecular complexity index is 842. The van der Waals surface area contributed by atoms with Crippen LogP contribution in [0.2, 0.25) is 0 Å². The Morgan fingerprint density at radius 3 is 2.56 bits per heavy atom. The zero-order valence-electron chi connectivity index (χ0n) is 16.2. The summed E-state index contributed by atoms with van der Waals surface area (Å²) in [5.41, 5.74) is 5.71. The number of rotatable bonds is 5. The average Bonchev–Trinajstić information content (AvgIpc) is 3.29. The summed E-state index contributed by atoms with van der Waals surface area (Å²) in [6.45, 7) is 8.85. The van der Waals surface area contributed by atoms with Gasteiger partial charge in [0, 0.05) is 17.6 Å². The van der Waals surface area contributed by atoms with Crippen molar-refractivity contribution in [3.8, 4) is 11.1 Å². The minimum Gasteiger partial charge on any atom is -0.462 e. The molecule has 144 valence electrons. The van der Waals surface area contributed by atoms with E-state index in [1.54, 1.807) is 6.92 Å². The van der Waals surface area contributed by atoms with E-state index < -0.39 is 12.1 Å². The molecule has 1 N–H and O–H groups in total. The van der Waals surface area contributed by atoms with Gasteiger partial charge in [0.1, 0.15) is 16.7 Å². The highest BCUT2D eigenvalue weighted by molar-refractivity contribution is 7.15. The predicted octanol–water partition coefficient (Wildman–Crippen LogP) is 4.63. The van der Waals surface area contributed by atoms with Gasteiger partial charge < -0.3 is 14.8 Å². The van der Waals surface area contributed by atoms with Crippen LogP contribution in [0.1, 0.15) is 46.8 Å².